The number of amides is 1. The first-order chi connectivity index (χ1) is 23.1. The van der Waals surface area contributed by atoms with E-state index in [1.807, 2.05) is 67.6 Å². The van der Waals surface area contributed by atoms with Crippen LogP contribution in [0.4, 0.5) is 17.3 Å². The van der Waals surface area contributed by atoms with Crippen molar-refractivity contribution < 1.29 is 17.4 Å². The number of hydrogen-bond acceptors (Lipinski definition) is 10. The van der Waals surface area contributed by atoms with E-state index in [4.69, 9.17) is 5.14 Å². The van der Waals surface area contributed by atoms with E-state index in [0.29, 0.717) is 17.2 Å². The molecule has 0 spiro atoms. The number of carbonyl (C=O) groups is 1. The predicted molar refractivity (Wildman–Crippen MR) is 188 cm³/mol. The Morgan fingerprint density at radius 1 is 0.979 bits per heavy atom. The fraction of sp³-hybridized carbons (Fsp3) is 0.371. The quantitative estimate of drug-likeness (QED) is 0.218. The molecule has 3 heterocycles. The maximum atomic E-state index is 12.9. The van der Waals surface area contributed by atoms with Gasteiger partial charge in [-0.3, -0.25) is 18.9 Å². The van der Waals surface area contributed by atoms with Gasteiger partial charge in [-0.1, -0.05) is 37.5 Å². The van der Waals surface area contributed by atoms with Gasteiger partial charge in [-0.15, -0.1) is 0 Å². The Labute approximate surface area is 283 Å². The second-order valence-electron chi connectivity index (χ2n) is 12.2. The average Bonchev–Trinajstić information content (AvgIpc) is 3.08. The summed E-state index contributed by atoms with van der Waals surface area (Å²) in [4.78, 5) is 30.9. The lowest BCUT2D eigenvalue weighted by Crippen LogP contribution is -2.43. The maximum absolute atomic E-state index is 12.9. The molecular weight excluding hydrogens is 629 g/mol. The van der Waals surface area contributed by atoms with Crippen molar-refractivity contribution in [3.63, 3.8) is 0 Å². The van der Waals surface area contributed by atoms with Crippen molar-refractivity contribution in [3.8, 4) is 11.3 Å². The minimum atomic E-state index is -3.72. The molecule has 2 aliphatic rings. The second kappa shape index (κ2) is 16.7. The first-order valence-electron chi connectivity index (χ1n) is 16.2. The molecule has 13 heteroatoms. The molecule has 2 aromatic carbocycles. The number of rotatable bonds is 9. The summed E-state index contributed by atoms with van der Waals surface area (Å²) in [6, 6.07) is 19.3. The van der Waals surface area contributed by atoms with Crippen LogP contribution in [0.25, 0.3) is 11.3 Å². The smallest absolute Gasteiger partial charge is 0.324 e. The number of benzene rings is 2. The van der Waals surface area contributed by atoms with E-state index in [2.05, 4.69) is 46.6 Å². The molecule has 1 saturated heterocycles. The van der Waals surface area contributed by atoms with Crippen LogP contribution >= 0.6 is 0 Å². The van der Waals surface area contributed by atoms with Crippen LogP contribution < -0.4 is 15.8 Å². The lowest BCUT2D eigenvalue weighted by Gasteiger charge is -2.32. The predicted octanol–water partition coefficient (Wildman–Crippen LogP) is 5.13. The number of piperazine rings is 1. The number of carbonyl (C=O) groups excluding carboxylic acids is 1. The number of nitrogens with one attached hydrogen (secondary N) is 2. The minimum Gasteiger partial charge on any atom is -0.324 e. The summed E-state index contributed by atoms with van der Waals surface area (Å²) >= 11 is 0. The Morgan fingerprint density at radius 3 is 2.42 bits per heavy atom. The zero-order valence-electron chi connectivity index (χ0n) is 27.5. The fourth-order valence-electron chi connectivity index (χ4n) is 5.63. The molecule has 1 saturated carbocycles. The molecule has 1 aliphatic heterocycles. The van der Waals surface area contributed by atoms with Crippen molar-refractivity contribution >= 4 is 33.5 Å². The van der Waals surface area contributed by atoms with Gasteiger partial charge in [0.05, 0.1) is 11.8 Å². The maximum Gasteiger partial charge on any atom is 0.333 e. The van der Waals surface area contributed by atoms with Crippen molar-refractivity contribution in [2.75, 3.05) is 43.9 Å². The number of nitrogens with two attached hydrogens (primary N) is 1. The largest absolute Gasteiger partial charge is 0.333 e. The van der Waals surface area contributed by atoms with Gasteiger partial charge in [0, 0.05) is 73.8 Å². The van der Waals surface area contributed by atoms with E-state index < -0.39 is 10.3 Å². The van der Waals surface area contributed by atoms with E-state index in [0.717, 1.165) is 80.9 Å². The van der Waals surface area contributed by atoms with E-state index >= 15 is 0 Å². The topological polar surface area (TPSA) is 156 Å². The zero-order valence-corrected chi connectivity index (χ0v) is 28.3. The SMILES string of the molecule is Cc1ccc(NC(=O)c2ccc(CN3CCN(C)CC3)cc2)cc1Nc1nccc(-c2cccnc2)n1.NS(=O)(=O)OC1CCCCC1. The Kier molecular flexibility index (Phi) is 12.2. The Balaban J connectivity index is 0.000000349. The van der Waals surface area contributed by atoms with Crippen LogP contribution in [-0.4, -0.2) is 78.4 Å². The van der Waals surface area contributed by atoms with Crippen LogP contribution in [0.2, 0.25) is 0 Å². The first-order valence-corrected chi connectivity index (χ1v) is 17.7. The Hall–Kier alpha value is -4.27. The van der Waals surface area contributed by atoms with Crippen molar-refractivity contribution in [1.29, 1.82) is 0 Å². The molecule has 6 rings (SSSR count). The third-order valence-electron chi connectivity index (χ3n) is 8.40. The molecule has 4 N–H and O–H groups in total. The fourth-order valence-corrected chi connectivity index (χ4v) is 6.20. The standard InChI is InChI=1S/C29H31N7O.C6H13NO3S/c1-21-5-10-25(18-27(21)34-29-31-13-11-26(33-29)24-4-3-12-30-19-24)32-28(37)23-8-6-22(7-9-23)20-36-16-14-35(2)15-17-36;7-11(8,9)10-6-4-2-1-3-5-6/h3-13,18-19H,14-17,20H2,1-2H3,(H,32,37)(H,31,33,34);6H,1-5H2,(H2,7,8,9). The molecule has 2 aromatic heterocycles. The second-order valence-corrected chi connectivity index (χ2v) is 13.4. The summed E-state index contributed by atoms with van der Waals surface area (Å²) in [5.41, 5.74) is 6.08. The molecule has 1 amide bonds. The summed E-state index contributed by atoms with van der Waals surface area (Å²) < 4.78 is 25.5. The van der Waals surface area contributed by atoms with Gasteiger partial charge in [-0.25, -0.2) is 15.1 Å². The Bertz CT molecular complexity index is 1740. The number of aromatic nitrogens is 3. The lowest BCUT2D eigenvalue weighted by atomic mass is 9.98. The minimum absolute atomic E-state index is 0.143. The lowest BCUT2D eigenvalue weighted by molar-refractivity contribution is 0.102. The number of anilines is 3. The highest BCUT2D eigenvalue weighted by molar-refractivity contribution is 7.84. The van der Waals surface area contributed by atoms with Crippen LogP contribution in [0.15, 0.2) is 79.3 Å². The summed E-state index contributed by atoms with van der Waals surface area (Å²) in [6.45, 7) is 7.24. The highest BCUT2D eigenvalue weighted by atomic mass is 32.2. The summed E-state index contributed by atoms with van der Waals surface area (Å²) in [5, 5.41) is 11.0. The summed E-state index contributed by atoms with van der Waals surface area (Å²) in [5.74, 6) is 0.333. The van der Waals surface area contributed by atoms with Crippen LogP contribution in [0.1, 0.15) is 53.6 Å². The van der Waals surface area contributed by atoms with E-state index in [9.17, 15) is 13.2 Å². The van der Waals surface area contributed by atoms with Crippen molar-refractivity contribution in [1.82, 2.24) is 24.8 Å². The van der Waals surface area contributed by atoms with E-state index in [1.54, 1.807) is 18.6 Å². The first kappa shape index (κ1) is 35.0. The van der Waals surface area contributed by atoms with Gasteiger partial charge in [-0.2, -0.15) is 8.42 Å². The molecule has 2 fully saturated rings. The highest BCUT2D eigenvalue weighted by Crippen LogP contribution is 2.25. The Morgan fingerprint density at radius 2 is 1.73 bits per heavy atom. The van der Waals surface area contributed by atoms with Crippen LogP contribution in [0.5, 0.6) is 0 Å². The van der Waals surface area contributed by atoms with Gasteiger partial charge in [-0.05, 0) is 80.4 Å². The molecule has 1 aliphatic carbocycles. The molecule has 254 valence electrons. The molecule has 0 atom stereocenters. The van der Waals surface area contributed by atoms with Gasteiger partial charge >= 0.3 is 10.3 Å². The van der Waals surface area contributed by atoms with Gasteiger partial charge in [0.2, 0.25) is 5.95 Å². The molecule has 4 aromatic rings. The van der Waals surface area contributed by atoms with Crippen molar-refractivity contribution in [2.24, 2.45) is 5.14 Å². The third-order valence-corrected chi connectivity index (χ3v) is 8.94. The molecular formula is C35H44N8O4S. The monoisotopic (exact) mass is 672 g/mol. The van der Waals surface area contributed by atoms with E-state index in [1.165, 1.54) is 12.0 Å². The number of pyridine rings is 1. The van der Waals surface area contributed by atoms with Crippen molar-refractivity contribution in [2.45, 2.75) is 51.7 Å². The molecule has 0 unspecified atom stereocenters. The van der Waals surface area contributed by atoms with Gasteiger partial charge in [0.1, 0.15) is 0 Å². The molecule has 0 bridgehead atoms. The van der Waals surface area contributed by atoms with Crippen molar-refractivity contribution in [3.05, 3.63) is 95.9 Å². The number of hydrogen-bond donors (Lipinski definition) is 3. The number of aryl methyl sites for hydroxylation is 1. The molecule has 0 radical (unpaired) electrons. The van der Waals surface area contributed by atoms with Crippen LogP contribution in [-0.2, 0) is 21.0 Å². The normalized spacial score (nSPS) is 16.1. The average molecular weight is 673 g/mol. The highest BCUT2D eigenvalue weighted by Gasteiger charge is 2.18. The summed E-state index contributed by atoms with van der Waals surface area (Å²) in [6.07, 6.45) is 9.94. The number of nitrogens with zero attached hydrogens (tertiary/aromatic N) is 5. The van der Waals surface area contributed by atoms with Gasteiger partial charge in [0.25, 0.3) is 5.91 Å². The molecule has 12 nitrogen and oxygen atoms in total. The van der Waals surface area contributed by atoms with Gasteiger partial charge in [0.15, 0.2) is 0 Å². The number of likely N-dealkylation sites (N-methyl/N-ethyl adjacent to an activating group) is 1. The summed E-state index contributed by atoms with van der Waals surface area (Å²) in [7, 11) is -1.56. The van der Waals surface area contributed by atoms with Crippen LogP contribution in [0.3, 0.4) is 0 Å². The van der Waals surface area contributed by atoms with E-state index in [-0.39, 0.29) is 12.0 Å². The van der Waals surface area contributed by atoms with Gasteiger partial charge < -0.3 is 15.5 Å². The zero-order chi connectivity index (χ0) is 33.9. The third kappa shape index (κ3) is 10.9. The molecule has 48 heavy (non-hydrogen) atoms. The van der Waals surface area contributed by atoms with Crippen LogP contribution in [0, 0.1) is 6.92 Å².